The number of hydrogen-bond acceptors (Lipinski definition) is 3. The van der Waals surface area contributed by atoms with Gasteiger partial charge in [-0.25, -0.2) is 13.1 Å². The molecule has 1 aromatic rings. The van der Waals surface area contributed by atoms with E-state index in [1.807, 2.05) is 25.1 Å². The predicted octanol–water partition coefficient (Wildman–Crippen LogP) is 1.05. The molecule has 0 saturated heterocycles. The van der Waals surface area contributed by atoms with Gasteiger partial charge in [-0.05, 0) is 30.0 Å². The molecule has 0 saturated carbocycles. The summed E-state index contributed by atoms with van der Waals surface area (Å²) in [6.45, 7) is 2.23. The molecule has 0 aromatic heterocycles. The zero-order valence-electron chi connectivity index (χ0n) is 10.9. The molecular formula is C13H18N2O3S. The van der Waals surface area contributed by atoms with Crippen molar-refractivity contribution < 1.29 is 13.2 Å². The minimum absolute atomic E-state index is 0.01000. The molecule has 2 N–H and O–H groups in total. The maximum absolute atomic E-state index is 11.5. The van der Waals surface area contributed by atoms with Crippen molar-refractivity contribution in [2.24, 2.45) is 0 Å². The third-order valence-corrected chi connectivity index (χ3v) is 4.59. The van der Waals surface area contributed by atoms with Crippen molar-refractivity contribution in [3.05, 3.63) is 29.3 Å². The number of rotatable bonds is 6. The van der Waals surface area contributed by atoms with Crippen molar-refractivity contribution in [3.63, 3.8) is 0 Å². The first-order chi connectivity index (χ1) is 9.00. The molecule has 104 valence electrons. The summed E-state index contributed by atoms with van der Waals surface area (Å²) in [5.41, 5.74) is 2.88. The lowest BCUT2D eigenvalue weighted by molar-refractivity contribution is -0.115. The van der Waals surface area contributed by atoms with Crippen LogP contribution < -0.4 is 10.0 Å². The standard InChI is InChI=1S/C13H18N2O3S/c1-2-7-19(17,18)14-6-5-10-3-4-12-11(8-10)9-13(16)15-12/h3-4,8,14H,2,5-7,9H2,1H3,(H,15,16). The van der Waals surface area contributed by atoms with Crippen molar-refractivity contribution >= 4 is 21.6 Å². The van der Waals surface area contributed by atoms with Gasteiger partial charge in [-0.15, -0.1) is 0 Å². The number of fused-ring (bicyclic) bond motifs is 1. The van der Waals surface area contributed by atoms with E-state index in [1.165, 1.54) is 0 Å². The van der Waals surface area contributed by atoms with Gasteiger partial charge in [0.15, 0.2) is 0 Å². The monoisotopic (exact) mass is 282 g/mol. The Kier molecular flexibility index (Phi) is 4.21. The fourth-order valence-corrected chi connectivity index (χ4v) is 3.22. The van der Waals surface area contributed by atoms with Gasteiger partial charge in [0, 0.05) is 12.2 Å². The average Bonchev–Trinajstić information content (AvgIpc) is 2.68. The number of anilines is 1. The summed E-state index contributed by atoms with van der Waals surface area (Å²) in [5.74, 6) is 0.172. The first-order valence-electron chi connectivity index (χ1n) is 6.39. The Bertz CT molecular complexity index is 582. The smallest absolute Gasteiger partial charge is 0.228 e. The van der Waals surface area contributed by atoms with Crippen LogP contribution in [0, 0.1) is 0 Å². The number of carbonyl (C=O) groups is 1. The Morgan fingerprint density at radius 1 is 1.37 bits per heavy atom. The van der Waals surface area contributed by atoms with Crippen LogP contribution >= 0.6 is 0 Å². The largest absolute Gasteiger partial charge is 0.326 e. The lowest BCUT2D eigenvalue weighted by Gasteiger charge is -2.06. The first kappa shape index (κ1) is 14.0. The zero-order valence-corrected chi connectivity index (χ0v) is 11.7. The highest BCUT2D eigenvalue weighted by atomic mass is 32.2. The molecule has 1 aromatic carbocycles. The summed E-state index contributed by atoms with van der Waals surface area (Å²) in [5, 5.41) is 2.77. The molecule has 1 aliphatic rings. The highest BCUT2D eigenvalue weighted by molar-refractivity contribution is 7.89. The van der Waals surface area contributed by atoms with E-state index in [2.05, 4.69) is 10.0 Å². The van der Waals surface area contributed by atoms with Crippen molar-refractivity contribution in [3.8, 4) is 0 Å². The van der Waals surface area contributed by atoms with Crippen LogP contribution in [-0.2, 0) is 27.7 Å². The van der Waals surface area contributed by atoms with Crippen LogP contribution in [0.1, 0.15) is 24.5 Å². The van der Waals surface area contributed by atoms with Gasteiger partial charge in [-0.2, -0.15) is 0 Å². The molecule has 0 bridgehead atoms. The van der Waals surface area contributed by atoms with E-state index in [1.54, 1.807) is 0 Å². The number of sulfonamides is 1. The Hall–Kier alpha value is -1.40. The quantitative estimate of drug-likeness (QED) is 0.819. The summed E-state index contributed by atoms with van der Waals surface area (Å²) in [6.07, 6.45) is 1.65. The predicted molar refractivity (Wildman–Crippen MR) is 74.6 cm³/mol. The third kappa shape index (κ3) is 3.78. The average molecular weight is 282 g/mol. The van der Waals surface area contributed by atoms with Crippen molar-refractivity contribution in [1.82, 2.24) is 4.72 Å². The molecule has 0 unspecified atom stereocenters. The number of benzene rings is 1. The zero-order chi connectivity index (χ0) is 13.9. The second-order valence-corrected chi connectivity index (χ2v) is 6.61. The molecule has 1 amide bonds. The number of hydrogen-bond donors (Lipinski definition) is 2. The lowest BCUT2D eigenvalue weighted by Crippen LogP contribution is -2.28. The molecule has 6 heteroatoms. The first-order valence-corrected chi connectivity index (χ1v) is 8.04. The second kappa shape index (κ2) is 5.71. The number of nitrogens with one attached hydrogen (secondary N) is 2. The summed E-state index contributed by atoms with van der Waals surface area (Å²) in [7, 11) is -3.14. The highest BCUT2D eigenvalue weighted by Crippen LogP contribution is 2.23. The molecular weight excluding hydrogens is 264 g/mol. The summed E-state index contributed by atoms with van der Waals surface area (Å²) >= 11 is 0. The molecule has 0 fully saturated rings. The minimum atomic E-state index is -3.14. The van der Waals surface area contributed by atoms with E-state index in [0.29, 0.717) is 25.8 Å². The Labute approximate surface area is 113 Å². The van der Waals surface area contributed by atoms with Gasteiger partial charge in [-0.1, -0.05) is 19.1 Å². The molecule has 0 spiro atoms. The maximum Gasteiger partial charge on any atom is 0.228 e. The van der Waals surface area contributed by atoms with E-state index in [0.717, 1.165) is 16.8 Å². The topological polar surface area (TPSA) is 75.3 Å². The Morgan fingerprint density at radius 3 is 2.89 bits per heavy atom. The minimum Gasteiger partial charge on any atom is -0.326 e. The molecule has 19 heavy (non-hydrogen) atoms. The number of carbonyl (C=O) groups excluding carboxylic acids is 1. The van der Waals surface area contributed by atoms with Crippen LogP contribution in [0.25, 0.3) is 0 Å². The van der Waals surface area contributed by atoms with Crippen LogP contribution in [0.3, 0.4) is 0 Å². The van der Waals surface area contributed by atoms with Gasteiger partial charge in [-0.3, -0.25) is 4.79 Å². The van der Waals surface area contributed by atoms with Gasteiger partial charge in [0.1, 0.15) is 0 Å². The normalized spacial score (nSPS) is 14.3. The van der Waals surface area contributed by atoms with Gasteiger partial charge < -0.3 is 5.32 Å². The summed E-state index contributed by atoms with van der Waals surface area (Å²) in [6, 6.07) is 5.75. The summed E-state index contributed by atoms with van der Waals surface area (Å²) in [4.78, 5) is 11.2. The molecule has 2 rings (SSSR count). The Morgan fingerprint density at radius 2 is 2.16 bits per heavy atom. The van der Waals surface area contributed by atoms with Crippen molar-refractivity contribution in [1.29, 1.82) is 0 Å². The maximum atomic E-state index is 11.5. The van der Waals surface area contributed by atoms with E-state index in [9.17, 15) is 13.2 Å². The van der Waals surface area contributed by atoms with Gasteiger partial charge in [0.25, 0.3) is 0 Å². The van der Waals surface area contributed by atoms with Gasteiger partial charge in [0.05, 0.1) is 12.2 Å². The van der Waals surface area contributed by atoms with E-state index in [-0.39, 0.29) is 11.7 Å². The lowest BCUT2D eigenvalue weighted by atomic mass is 10.1. The second-order valence-electron chi connectivity index (χ2n) is 4.68. The van der Waals surface area contributed by atoms with Crippen molar-refractivity contribution in [2.45, 2.75) is 26.2 Å². The molecule has 0 radical (unpaired) electrons. The van der Waals surface area contributed by atoms with E-state index < -0.39 is 10.0 Å². The van der Waals surface area contributed by atoms with Crippen LogP contribution in [0.2, 0.25) is 0 Å². The summed E-state index contributed by atoms with van der Waals surface area (Å²) < 4.78 is 25.5. The fourth-order valence-electron chi connectivity index (χ4n) is 2.13. The molecule has 5 nitrogen and oxygen atoms in total. The van der Waals surface area contributed by atoms with Crippen LogP contribution in [0.15, 0.2) is 18.2 Å². The molecule has 0 aliphatic carbocycles. The van der Waals surface area contributed by atoms with Gasteiger partial charge >= 0.3 is 0 Å². The molecule has 1 heterocycles. The van der Waals surface area contributed by atoms with Crippen LogP contribution in [-0.4, -0.2) is 26.6 Å². The molecule has 0 atom stereocenters. The number of amides is 1. The fraction of sp³-hybridized carbons (Fsp3) is 0.462. The van der Waals surface area contributed by atoms with Crippen molar-refractivity contribution in [2.75, 3.05) is 17.6 Å². The van der Waals surface area contributed by atoms with Gasteiger partial charge in [0.2, 0.25) is 15.9 Å². The van der Waals surface area contributed by atoms with E-state index in [4.69, 9.17) is 0 Å². The molecule has 1 aliphatic heterocycles. The highest BCUT2D eigenvalue weighted by Gasteiger charge is 2.17. The Balaban J connectivity index is 1.91. The van der Waals surface area contributed by atoms with E-state index >= 15 is 0 Å². The van der Waals surface area contributed by atoms with Crippen LogP contribution in [0.4, 0.5) is 5.69 Å². The van der Waals surface area contributed by atoms with Crippen LogP contribution in [0.5, 0.6) is 0 Å². The third-order valence-electron chi connectivity index (χ3n) is 3.00. The SMILES string of the molecule is CCCS(=O)(=O)NCCc1ccc2c(c1)CC(=O)N2.